The Labute approximate surface area is 109 Å². The molecule has 0 unspecified atom stereocenters. The molecular weight excluding hydrogens is 256 g/mol. The van der Waals surface area contributed by atoms with Gasteiger partial charge >= 0.3 is 0 Å². The third kappa shape index (κ3) is 2.97. The molecule has 17 heavy (non-hydrogen) atoms. The van der Waals surface area contributed by atoms with Crippen LogP contribution in [0.4, 0.5) is 0 Å². The van der Waals surface area contributed by atoms with E-state index in [-0.39, 0.29) is 0 Å². The molecule has 2 aromatic rings. The second-order valence-corrected chi connectivity index (χ2v) is 5.18. The second-order valence-electron chi connectivity index (χ2n) is 3.57. The average molecular weight is 269 g/mol. The number of hydrogen-bond donors (Lipinski definition) is 1. The van der Waals surface area contributed by atoms with Crippen molar-refractivity contribution in [3.05, 3.63) is 44.9 Å². The zero-order valence-corrected chi connectivity index (χ0v) is 11.0. The summed E-state index contributed by atoms with van der Waals surface area (Å²) in [5.74, 6) is 0.697. The normalized spacial score (nSPS) is 10.5. The standard InChI is InChI=1S/C12H13ClN2OS/c1-16-11-3-2-8(5-10(11)13)4-9-7-15-12(6-14)17-9/h2-3,5,7H,4,6,14H2,1H3. The van der Waals surface area contributed by atoms with Crippen molar-refractivity contribution in [2.24, 2.45) is 5.73 Å². The number of benzene rings is 1. The van der Waals surface area contributed by atoms with Gasteiger partial charge in [0.25, 0.3) is 0 Å². The van der Waals surface area contributed by atoms with E-state index in [0.717, 1.165) is 17.0 Å². The molecule has 0 fully saturated rings. The summed E-state index contributed by atoms with van der Waals surface area (Å²) in [6.45, 7) is 0.494. The van der Waals surface area contributed by atoms with E-state index in [0.29, 0.717) is 17.3 Å². The van der Waals surface area contributed by atoms with Crippen LogP contribution in [0, 0.1) is 0 Å². The lowest BCUT2D eigenvalue weighted by Crippen LogP contribution is -1.93. The highest BCUT2D eigenvalue weighted by atomic mass is 35.5. The molecule has 0 bridgehead atoms. The Hall–Kier alpha value is -1.10. The lowest BCUT2D eigenvalue weighted by Gasteiger charge is -2.04. The lowest BCUT2D eigenvalue weighted by molar-refractivity contribution is 0.415. The van der Waals surface area contributed by atoms with Crippen LogP contribution in [-0.4, -0.2) is 12.1 Å². The molecule has 90 valence electrons. The maximum absolute atomic E-state index is 6.07. The number of nitrogens with zero attached hydrogens (tertiary/aromatic N) is 1. The molecule has 0 saturated carbocycles. The summed E-state index contributed by atoms with van der Waals surface area (Å²) in [4.78, 5) is 5.41. The van der Waals surface area contributed by atoms with Crippen molar-refractivity contribution in [3.8, 4) is 5.75 Å². The molecule has 0 atom stereocenters. The molecule has 2 N–H and O–H groups in total. The number of ether oxygens (including phenoxy) is 1. The van der Waals surface area contributed by atoms with Gasteiger partial charge in [-0.3, -0.25) is 0 Å². The Morgan fingerprint density at radius 3 is 2.88 bits per heavy atom. The van der Waals surface area contributed by atoms with Crippen molar-refractivity contribution in [1.29, 1.82) is 0 Å². The average Bonchev–Trinajstić information content (AvgIpc) is 2.77. The van der Waals surface area contributed by atoms with Crippen LogP contribution in [0.5, 0.6) is 5.75 Å². The molecule has 0 aliphatic heterocycles. The van der Waals surface area contributed by atoms with E-state index in [1.807, 2.05) is 24.4 Å². The first-order valence-corrected chi connectivity index (χ1v) is 6.38. The highest BCUT2D eigenvalue weighted by Gasteiger charge is 2.05. The summed E-state index contributed by atoms with van der Waals surface area (Å²) in [5, 5.41) is 1.59. The number of halogens is 1. The van der Waals surface area contributed by atoms with Gasteiger partial charge in [-0.2, -0.15) is 0 Å². The fourth-order valence-electron chi connectivity index (χ4n) is 1.55. The quantitative estimate of drug-likeness (QED) is 0.928. The topological polar surface area (TPSA) is 48.1 Å². The van der Waals surface area contributed by atoms with Crippen molar-refractivity contribution < 1.29 is 4.74 Å². The Balaban J connectivity index is 2.15. The van der Waals surface area contributed by atoms with Crippen LogP contribution in [0.1, 0.15) is 15.4 Å². The molecule has 0 spiro atoms. The Kier molecular flexibility index (Phi) is 3.99. The highest BCUT2D eigenvalue weighted by Crippen LogP contribution is 2.26. The molecule has 5 heteroatoms. The minimum absolute atomic E-state index is 0.494. The fourth-order valence-corrected chi connectivity index (χ4v) is 2.66. The largest absolute Gasteiger partial charge is 0.495 e. The predicted octanol–water partition coefficient (Wildman–Crippen LogP) is 2.85. The van der Waals surface area contributed by atoms with Crippen LogP contribution < -0.4 is 10.5 Å². The minimum Gasteiger partial charge on any atom is -0.495 e. The first kappa shape index (κ1) is 12.4. The number of hydrogen-bond acceptors (Lipinski definition) is 4. The van der Waals surface area contributed by atoms with Crippen LogP contribution in [0.25, 0.3) is 0 Å². The summed E-state index contributed by atoms with van der Waals surface area (Å²) in [6.07, 6.45) is 2.69. The first-order chi connectivity index (χ1) is 8.22. The lowest BCUT2D eigenvalue weighted by atomic mass is 10.1. The molecule has 1 aromatic heterocycles. The Morgan fingerprint density at radius 1 is 1.47 bits per heavy atom. The van der Waals surface area contributed by atoms with Crippen LogP contribution in [-0.2, 0) is 13.0 Å². The third-order valence-electron chi connectivity index (χ3n) is 2.37. The number of rotatable bonds is 4. The van der Waals surface area contributed by atoms with Gasteiger partial charge in [0.05, 0.1) is 12.1 Å². The van der Waals surface area contributed by atoms with Gasteiger partial charge in [-0.1, -0.05) is 17.7 Å². The van der Waals surface area contributed by atoms with Crippen molar-refractivity contribution in [2.75, 3.05) is 7.11 Å². The third-order valence-corrected chi connectivity index (χ3v) is 3.69. The van der Waals surface area contributed by atoms with Crippen LogP contribution in [0.15, 0.2) is 24.4 Å². The first-order valence-electron chi connectivity index (χ1n) is 5.19. The summed E-state index contributed by atoms with van der Waals surface area (Å²) >= 11 is 7.70. The van der Waals surface area contributed by atoms with Gasteiger partial charge in [-0.05, 0) is 17.7 Å². The maximum atomic E-state index is 6.07. The molecule has 0 aliphatic carbocycles. The Morgan fingerprint density at radius 2 is 2.29 bits per heavy atom. The monoisotopic (exact) mass is 268 g/mol. The molecule has 0 aliphatic rings. The number of thiazole rings is 1. The van der Waals surface area contributed by atoms with E-state index < -0.39 is 0 Å². The zero-order valence-electron chi connectivity index (χ0n) is 9.44. The summed E-state index contributed by atoms with van der Waals surface area (Å²) in [5.41, 5.74) is 6.67. The number of methoxy groups -OCH3 is 1. The van der Waals surface area contributed by atoms with Gasteiger partial charge in [0, 0.05) is 24.0 Å². The fraction of sp³-hybridized carbons (Fsp3) is 0.250. The van der Waals surface area contributed by atoms with Crippen molar-refractivity contribution in [3.63, 3.8) is 0 Å². The van der Waals surface area contributed by atoms with Gasteiger partial charge in [-0.25, -0.2) is 4.98 Å². The van der Waals surface area contributed by atoms with Crippen molar-refractivity contribution in [1.82, 2.24) is 4.98 Å². The van der Waals surface area contributed by atoms with Crippen LogP contribution >= 0.6 is 22.9 Å². The summed E-state index contributed by atoms with van der Waals surface area (Å²) in [7, 11) is 1.61. The molecule has 1 aromatic carbocycles. The maximum Gasteiger partial charge on any atom is 0.137 e. The minimum atomic E-state index is 0.494. The van der Waals surface area contributed by atoms with E-state index >= 15 is 0 Å². The Bertz CT molecular complexity index is 513. The van der Waals surface area contributed by atoms with Gasteiger partial charge in [-0.15, -0.1) is 11.3 Å². The summed E-state index contributed by atoms with van der Waals surface area (Å²) < 4.78 is 5.11. The van der Waals surface area contributed by atoms with Crippen molar-refractivity contribution >= 4 is 22.9 Å². The SMILES string of the molecule is COc1ccc(Cc2cnc(CN)s2)cc1Cl. The van der Waals surface area contributed by atoms with E-state index in [1.54, 1.807) is 18.4 Å². The van der Waals surface area contributed by atoms with Crippen LogP contribution in [0.3, 0.4) is 0 Å². The van der Waals surface area contributed by atoms with E-state index in [1.165, 1.54) is 4.88 Å². The van der Waals surface area contributed by atoms with E-state index in [9.17, 15) is 0 Å². The molecule has 3 nitrogen and oxygen atoms in total. The molecule has 0 saturated heterocycles. The zero-order chi connectivity index (χ0) is 12.3. The number of nitrogens with two attached hydrogens (primary N) is 1. The molecule has 0 amide bonds. The summed E-state index contributed by atoms with van der Waals surface area (Å²) in [6, 6.07) is 5.80. The van der Waals surface area contributed by atoms with Crippen LogP contribution in [0.2, 0.25) is 5.02 Å². The molecular formula is C12H13ClN2OS. The number of aromatic nitrogens is 1. The molecule has 1 heterocycles. The van der Waals surface area contributed by atoms with Gasteiger partial charge in [0.1, 0.15) is 10.8 Å². The predicted molar refractivity (Wildman–Crippen MR) is 70.8 cm³/mol. The van der Waals surface area contributed by atoms with E-state index in [4.69, 9.17) is 22.1 Å². The van der Waals surface area contributed by atoms with Crippen molar-refractivity contribution in [2.45, 2.75) is 13.0 Å². The second kappa shape index (κ2) is 5.49. The van der Waals surface area contributed by atoms with Gasteiger partial charge in [0.15, 0.2) is 0 Å². The smallest absolute Gasteiger partial charge is 0.137 e. The van der Waals surface area contributed by atoms with Gasteiger partial charge in [0.2, 0.25) is 0 Å². The highest BCUT2D eigenvalue weighted by molar-refractivity contribution is 7.11. The molecule has 0 radical (unpaired) electrons. The molecule has 2 rings (SSSR count). The van der Waals surface area contributed by atoms with E-state index in [2.05, 4.69) is 4.98 Å². The van der Waals surface area contributed by atoms with Gasteiger partial charge < -0.3 is 10.5 Å².